The van der Waals surface area contributed by atoms with Crippen LogP contribution in [-0.2, 0) is 22.6 Å². The Hall–Kier alpha value is -2.55. The van der Waals surface area contributed by atoms with Gasteiger partial charge in [-0.2, -0.15) is 11.8 Å². The van der Waals surface area contributed by atoms with Gasteiger partial charge >= 0.3 is 0 Å². The van der Waals surface area contributed by atoms with Crippen molar-refractivity contribution in [3.63, 3.8) is 0 Å². The van der Waals surface area contributed by atoms with Crippen LogP contribution in [-0.4, -0.2) is 53.7 Å². The molecule has 0 heterocycles. The highest BCUT2D eigenvalue weighted by Gasteiger charge is 2.26. The van der Waals surface area contributed by atoms with Crippen molar-refractivity contribution in [3.05, 3.63) is 65.7 Å². The molecule has 0 saturated heterocycles. The van der Waals surface area contributed by atoms with Crippen LogP contribution in [0.15, 0.2) is 54.6 Å². The Morgan fingerprint density at radius 2 is 1.69 bits per heavy atom. The molecule has 0 bridgehead atoms. The monoisotopic (exact) mass is 501 g/mol. The van der Waals surface area contributed by atoms with E-state index in [0.717, 1.165) is 22.6 Å². The van der Waals surface area contributed by atoms with Crippen LogP contribution in [0.1, 0.15) is 37.8 Å². The van der Waals surface area contributed by atoms with Gasteiger partial charge in [-0.3, -0.25) is 9.59 Å². The number of hydrogen-bond donors (Lipinski definition) is 4. The minimum absolute atomic E-state index is 0.159. The van der Waals surface area contributed by atoms with Crippen molar-refractivity contribution in [3.8, 4) is 5.75 Å². The summed E-state index contributed by atoms with van der Waals surface area (Å²) in [7, 11) is 0. The third kappa shape index (κ3) is 10.7. The van der Waals surface area contributed by atoms with E-state index in [-0.39, 0.29) is 30.4 Å². The first-order valence-electron chi connectivity index (χ1n) is 12.0. The Balaban J connectivity index is 2.06. The molecule has 3 unspecified atom stereocenters. The summed E-state index contributed by atoms with van der Waals surface area (Å²) >= 11 is 1.65. The van der Waals surface area contributed by atoms with Crippen LogP contribution in [0.2, 0.25) is 0 Å². The number of carbonyl (C=O) groups excluding carboxylic acids is 2. The highest BCUT2D eigenvalue weighted by molar-refractivity contribution is 7.98. The summed E-state index contributed by atoms with van der Waals surface area (Å²) in [6, 6.07) is 15.5. The molecule has 192 valence electrons. The lowest BCUT2D eigenvalue weighted by atomic mass is 10.0. The second-order valence-corrected chi connectivity index (χ2v) is 10.1. The minimum Gasteiger partial charge on any atom is -0.489 e. The van der Waals surface area contributed by atoms with Crippen molar-refractivity contribution in [1.29, 1.82) is 0 Å². The quantitative estimate of drug-likeness (QED) is 0.298. The van der Waals surface area contributed by atoms with Crippen molar-refractivity contribution in [2.45, 2.75) is 57.8 Å². The van der Waals surface area contributed by atoms with E-state index in [0.29, 0.717) is 25.9 Å². The van der Waals surface area contributed by atoms with Crippen molar-refractivity contribution >= 4 is 23.6 Å². The molecule has 0 aromatic heterocycles. The van der Waals surface area contributed by atoms with E-state index in [4.69, 9.17) is 10.5 Å². The molecule has 0 aliphatic rings. The third-order valence-corrected chi connectivity index (χ3v) is 6.19. The van der Waals surface area contributed by atoms with Crippen molar-refractivity contribution in [2.75, 3.05) is 18.6 Å². The van der Waals surface area contributed by atoms with E-state index in [1.165, 1.54) is 0 Å². The zero-order chi connectivity index (χ0) is 25.6. The van der Waals surface area contributed by atoms with E-state index >= 15 is 0 Å². The lowest BCUT2D eigenvalue weighted by Gasteiger charge is -2.24. The molecule has 0 aliphatic carbocycles. The average Bonchev–Trinajstić information content (AvgIpc) is 2.85. The molecule has 0 aliphatic heterocycles. The number of hydrogen-bond acceptors (Lipinski definition) is 6. The molecule has 7 nitrogen and oxygen atoms in total. The number of aliphatic hydroxyl groups excluding tert-OH is 1. The molecule has 2 amide bonds. The van der Waals surface area contributed by atoms with Gasteiger partial charge < -0.3 is 26.2 Å². The van der Waals surface area contributed by atoms with E-state index < -0.39 is 12.1 Å². The van der Waals surface area contributed by atoms with E-state index in [1.807, 2.05) is 74.7 Å². The van der Waals surface area contributed by atoms with Gasteiger partial charge in [0, 0.05) is 6.42 Å². The summed E-state index contributed by atoms with van der Waals surface area (Å²) < 4.78 is 5.84. The molecule has 2 aromatic rings. The van der Waals surface area contributed by atoms with Crippen molar-refractivity contribution < 1.29 is 19.4 Å². The first-order chi connectivity index (χ1) is 16.8. The largest absolute Gasteiger partial charge is 0.489 e. The van der Waals surface area contributed by atoms with Gasteiger partial charge in [0.25, 0.3) is 0 Å². The minimum atomic E-state index is -0.805. The number of rotatable bonds is 15. The molecule has 2 rings (SSSR count). The molecular weight excluding hydrogens is 462 g/mol. The Bertz CT molecular complexity index is 893. The lowest BCUT2D eigenvalue weighted by molar-refractivity contribution is -0.130. The zero-order valence-corrected chi connectivity index (χ0v) is 21.7. The van der Waals surface area contributed by atoms with Gasteiger partial charge in [-0.05, 0) is 54.0 Å². The number of ether oxygens (including phenoxy) is 1. The average molecular weight is 502 g/mol. The van der Waals surface area contributed by atoms with Crippen LogP contribution >= 0.6 is 11.8 Å². The van der Waals surface area contributed by atoms with Gasteiger partial charge in [0.15, 0.2) is 0 Å². The van der Waals surface area contributed by atoms with Crippen LogP contribution in [0.5, 0.6) is 5.75 Å². The molecule has 0 spiro atoms. The summed E-state index contributed by atoms with van der Waals surface area (Å²) in [6.07, 6.45) is 3.44. The third-order valence-electron chi connectivity index (χ3n) is 5.54. The maximum atomic E-state index is 13.1. The predicted octanol–water partition coefficient (Wildman–Crippen LogP) is 2.90. The highest BCUT2D eigenvalue weighted by atomic mass is 32.2. The number of nitrogens with two attached hydrogens (primary N) is 1. The van der Waals surface area contributed by atoms with Crippen LogP contribution < -0.4 is 21.1 Å². The maximum Gasteiger partial charge on any atom is 0.243 e. The van der Waals surface area contributed by atoms with Crippen molar-refractivity contribution in [1.82, 2.24) is 10.6 Å². The molecule has 35 heavy (non-hydrogen) atoms. The van der Waals surface area contributed by atoms with Gasteiger partial charge in [-0.25, -0.2) is 0 Å². The van der Waals surface area contributed by atoms with Crippen LogP contribution in [0.25, 0.3) is 0 Å². The van der Waals surface area contributed by atoms with Crippen LogP contribution in [0.4, 0.5) is 0 Å². The first kappa shape index (κ1) is 28.7. The molecule has 2 aromatic carbocycles. The second-order valence-electron chi connectivity index (χ2n) is 9.09. The fraction of sp³-hybridized carbons (Fsp3) is 0.481. The lowest BCUT2D eigenvalue weighted by Crippen LogP contribution is -2.54. The number of nitrogens with one attached hydrogen (secondary N) is 2. The Kier molecular flexibility index (Phi) is 12.7. The van der Waals surface area contributed by atoms with Gasteiger partial charge in [-0.1, -0.05) is 56.3 Å². The topological polar surface area (TPSA) is 114 Å². The second kappa shape index (κ2) is 15.4. The molecule has 0 saturated carbocycles. The standard InChI is InChI=1S/C27H39N3O4S/c1-19(2)15-24(28)26(32)30-25(27(33)29-22(17-31)13-14-35-3)16-20-9-11-23(12-10-20)34-18-21-7-5-4-6-8-21/h4-12,19,22,24-25,31H,13-18,28H2,1-3H3,(H,29,33)(H,30,32). The summed E-state index contributed by atoms with van der Waals surface area (Å²) in [6.45, 7) is 4.30. The molecule has 3 atom stereocenters. The number of carbonyl (C=O) groups is 2. The zero-order valence-electron chi connectivity index (χ0n) is 20.9. The molecule has 0 radical (unpaired) electrons. The summed E-state index contributed by atoms with van der Waals surface area (Å²) in [5.41, 5.74) is 8.00. The smallest absolute Gasteiger partial charge is 0.243 e. The van der Waals surface area contributed by atoms with Gasteiger partial charge in [0.1, 0.15) is 18.4 Å². The van der Waals surface area contributed by atoms with Crippen LogP contribution in [0.3, 0.4) is 0 Å². The SMILES string of the molecule is CSCCC(CO)NC(=O)C(Cc1ccc(OCc2ccccc2)cc1)NC(=O)C(N)CC(C)C. The predicted molar refractivity (Wildman–Crippen MR) is 142 cm³/mol. The van der Waals surface area contributed by atoms with Gasteiger partial charge in [0.2, 0.25) is 11.8 Å². The number of amides is 2. The fourth-order valence-corrected chi connectivity index (χ4v) is 4.09. The summed E-state index contributed by atoms with van der Waals surface area (Å²) in [5.74, 6) is 1.11. The highest BCUT2D eigenvalue weighted by Crippen LogP contribution is 2.16. The molecular formula is C27H39N3O4S. The molecule has 0 fully saturated rings. The Labute approximate surface area is 213 Å². The summed E-state index contributed by atoms with van der Waals surface area (Å²) in [5, 5.41) is 15.4. The number of thioether (sulfide) groups is 1. The number of aliphatic hydroxyl groups is 1. The number of benzene rings is 2. The Morgan fingerprint density at radius 3 is 2.29 bits per heavy atom. The molecule has 8 heteroatoms. The first-order valence-corrected chi connectivity index (χ1v) is 13.4. The summed E-state index contributed by atoms with van der Waals surface area (Å²) in [4.78, 5) is 25.8. The van der Waals surface area contributed by atoms with Gasteiger partial charge in [-0.15, -0.1) is 0 Å². The van der Waals surface area contributed by atoms with E-state index in [1.54, 1.807) is 11.8 Å². The van der Waals surface area contributed by atoms with Crippen LogP contribution in [0, 0.1) is 5.92 Å². The maximum absolute atomic E-state index is 13.1. The fourth-order valence-electron chi connectivity index (χ4n) is 3.57. The van der Waals surface area contributed by atoms with E-state index in [9.17, 15) is 14.7 Å². The Morgan fingerprint density at radius 1 is 1.00 bits per heavy atom. The van der Waals surface area contributed by atoms with Gasteiger partial charge in [0.05, 0.1) is 18.7 Å². The van der Waals surface area contributed by atoms with Crippen molar-refractivity contribution in [2.24, 2.45) is 11.7 Å². The van der Waals surface area contributed by atoms with E-state index in [2.05, 4.69) is 10.6 Å². The molecule has 5 N–H and O–H groups in total. The normalized spacial score (nSPS) is 13.7.